The molecule has 4 rings (SSSR count). The van der Waals surface area contributed by atoms with Crippen LogP contribution in [0.2, 0.25) is 0 Å². The van der Waals surface area contributed by atoms with Crippen molar-refractivity contribution in [1.82, 2.24) is 4.72 Å². The summed E-state index contributed by atoms with van der Waals surface area (Å²) in [6.45, 7) is 0. The molecule has 5 nitrogen and oxygen atoms in total. The summed E-state index contributed by atoms with van der Waals surface area (Å²) in [5.74, 6) is 1.90. The Labute approximate surface area is 152 Å². The van der Waals surface area contributed by atoms with Gasteiger partial charge in [-0.3, -0.25) is 0 Å². The molecule has 132 valence electrons. The second-order valence-corrected chi connectivity index (χ2v) is 7.62. The lowest BCUT2D eigenvalue weighted by Gasteiger charge is -2.28. The third kappa shape index (κ3) is 2.94. The van der Waals surface area contributed by atoms with E-state index >= 15 is 0 Å². The van der Waals surface area contributed by atoms with Gasteiger partial charge in [-0.2, -0.15) is 4.72 Å². The number of sulfonamides is 1. The Morgan fingerprint density at radius 1 is 0.846 bits per heavy atom. The summed E-state index contributed by atoms with van der Waals surface area (Å²) in [4.78, 5) is 0.180. The van der Waals surface area contributed by atoms with Crippen LogP contribution in [0, 0.1) is 0 Å². The fraction of sp³-hybridized carbons (Fsp3) is 0.100. The Morgan fingerprint density at radius 2 is 1.38 bits per heavy atom. The van der Waals surface area contributed by atoms with Gasteiger partial charge >= 0.3 is 0 Å². The first-order valence-corrected chi connectivity index (χ1v) is 9.59. The molecule has 0 saturated carbocycles. The highest BCUT2D eigenvalue weighted by atomic mass is 32.2. The monoisotopic (exact) mass is 367 g/mol. The van der Waals surface area contributed by atoms with E-state index in [1.54, 1.807) is 12.1 Å². The van der Waals surface area contributed by atoms with Crippen molar-refractivity contribution in [3.05, 3.63) is 83.9 Å². The molecule has 0 aromatic heterocycles. The van der Waals surface area contributed by atoms with Crippen LogP contribution in [0.25, 0.3) is 0 Å². The molecule has 0 radical (unpaired) electrons. The summed E-state index contributed by atoms with van der Waals surface area (Å²) in [7, 11) is -2.19. The van der Waals surface area contributed by atoms with E-state index in [0.29, 0.717) is 17.2 Å². The van der Waals surface area contributed by atoms with Crippen molar-refractivity contribution in [2.75, 3.05) is 7.11 Å². The molecule has 0 bridgehead atoms. The minimum atomic E-state index is -3.73. The van der Waals surface area contributed by atoms with Crippen molar-refractivity contribution in [3.63, 3.8) is 0 Å². The van der Waals surface area contributed by atoms with Gasteiger partial charge in [0, 0.05) is 11.1 Å². The van der Waals surface area contributed by atoms with Crippen LogP contribution >= 0.6 is 0 Å². The van der Waals surface area contributed by atoms with Crippen LogP contribution in [0.3, 0.4) is 0 Å². The SMILES string of the molecule is COc1ccc(S(=O)(=O)NC2c3ccccc3Oc3ccccc32)cc1. The number of methoxy groups -OCH3 is 1. The van der Waals surface area contributed by atoms with Crippen LogP contribution in [-0.4, -0.2) is 15.5 Å². The average molecular weight is 367 g/mol. The molecule has 1 aliphatic rings. The molecular weight excluding hydrogens is 350 g/mol. The molecule has 0 amide bonds. The maximum absolute atomic E-state index is 12.9. The Kier molecular flexibility index (Phi) is 4.14. The van der Waals surface area contributed by atoms with Crippen LogP contribution in [0.1, 0.15) is 17.2 Å². The smallest absolute Gasteiger partial charge is 0.241 e. The van der Waals surface area contributed by atoms with Crippen molar-refractivity contribution >= 4 is 10.0 Å². The second kappa shape index (κ2) is 6.48. The van der Waals surface area contributed by atoms with Gasteiger partial charge in [-0.05, 0) is 36.4 Å². The molecule has 26 heavy (non-hydrogen) atoms. The zero-order chi connectivity index (χ0) is 18.1. The van der Waals surface area contributed by atoms with Gasteiger partial charge in [-0.15, -0.1) is 0 Å². The van der Waals surface area contributed by atoms with Gasteiger partial charge in [0.05, 0.1) is 18.0 Å². The molecule has 1 aliphatic heterocycles. The van der Waals surface area contributed by atoms with E-state index in [0.717, 1.165) is 11.1 Å². The van der Waals surface area contributed by atoms with Gasteiger partial charge in [0.15, 0.2) is 0 Å². The lowest BCUT2D eigenvalue weighted by Crippen LogP contribution is -2.31. The minimum absolute atomic E-state index is 0.180. The molecule has 1 N–H and O–H groups in total. The molecule has 1 heterocycles. The number of benzene rings is 3. The van der Waals surface area contributed by atoms with E-state index in [-0.39, 0.29) is 4.90 Å². The highest BCUT2D eigenvalue weighted by molar-refractivity contribution is 7.89. The predicted molar refractivity (Wildman–Crippen MR) is 98.1 cm³/mol. The Bertz CT molecular complexity index is 1000. The zero-order valence-electron chi connectivity index (χ0n) is 14.0. The third-order valence-corrected chi connectivity index (χ3v) is 5.76. The highest BCUT2D eigenvalue weighted by Crippen LogP contribution is 2.43. The van der Waals surface area contributed by atoms with E-state index in [1.807, 2.05) is 48.5 Å². The van der Waals surface area contributed by atoms with Gasteiger partial charge in [0.25, 0.3) is 0 Å². The summed E-state index contributed by atoms with van der Waals surface area (Å²) in [5, 5.41) is 0. The first kappa shape index (κ1) is 16.6. The van der Waals surface area contributed by atoms with Crippen molar-refractivity contribution in [3.8, 4) is 17.2 Å². The second-order valence-electron chi connectivity index (χ2n) is 5.91. The Balaban J connectivity index is 1.75. The highest BCUT2D eigenvalue weighted by Gasteiger charge is 2.30. The standard InChI is InChI=1S/C20H17NO4S/c1-24-14-10-12-15(13-11-14)26(22,23)21-20-16-6-2-4-8-18(16)25-19-9-5-3-7-17(19)20/h2-13,20-21H,1H3. The number of hydrogen-bond donors (Lipinski definition) is 1. The van der Waals surface area contributed by atoms with Gasteiger partial charge in [0.2, 0.25) is 10.0 Å². The minimum Gasteiger partial charge on any atom is -0.497 e. The van der Waals surface area contributed by atoms with Crippen LogP contribution in [-0.2, 0) is 10.0 Å². The Hall–Kier alpha value is -2.83. The predicted octanol–water partition coefficient (Wildman–Crippen LogP) is 3.87. The van der Waals surface area contributed by atoms with Crippen molar-refractivity contribution < 1.29 is 17.9 Å². The van der Waals surface area contributed by atoms with E-state index in [2.05, 4.69) is 4.72 Å². The summed E-state index contributed by atoms with van der Waals surface area (Å²) < 4.78 is 39.7. The topological polar surface area (TPSA) is 64.6 Å². The van der Waals surface area contributed by atoms with E-state index in [4.69, 9.17) is 9.47 Å². The van der Waals surface area contributed by atoms with Crippen molar-refractivity contribution in [2.45, 2.75) is 10.9 Å². The van der Waals surface area contributed by atoms with Gasteiger partial charge in [-0.1, -0.05) is 36.4 Å². The largest absolute Gasteiger partial charge is 0.497 e. The number of fused-ring (bicyclic) bond motifs is 2. The fourth-order valence-electron chi connectivity index (χ4n) is 3.01. The summed E-state index contributed by atoms with van der Waals surface area (Å²) in [5.41, 5.74) is 1.56. The van der Waals surface area contributed by atoms with Crippen molar-refractivity contribution in [2.24, 2.45) is 0 Å². The zero-order valence-corrected chi connectivity index (χ0v) is 14.9. The number of nitrogens with one attached hydrogen (secondary N) is 1. The van der Waals surface area contributed by atoms with Crippen LogP contribution in [0.5, 0.6) is 17.2 Å². The molecule has 0 saturated heterocycles. The normalized spacial score (nSPS) is 13.4. The number of ether oxygens (including phenoxy) is 2. The molecule has 3 aromatic rings. The number of para-hydroxylation sites is 2. The Morgan fingerprint density at radius 3 is 1.92 bits per heavy atom. The fourth-order valence-corrected chi connectivity index (χ4v) is 4.21. The summed E-state index contributed by atoms with van der Waals surface area (Å²) in [6.07, 6.45) is 0. The average Bonchev–Trinajstić information content (AvgIpc) is 2.68. The summed E-state index contributed by atoms with van der Waals surface area (Å²) >= 11 is 0. The molecule has 0 aliphatic carbocycles. The van der Waals surface area contributed by atoms with E-state index in [9.17, 15) is 8.42 Å². The van der Waals surface area contributed by atoms with Crippen LogP contribution < -0.4 is 14.2 Å². The lowest BCUT2D eigenvalue weighted by atomic mass is 9.95. The van der Waals surface area contributed by atoms with E-state index < -0.39 is 16.1 Å². The molecule has 0 unspecified atom stereocenters. The number of rotatable bonds is 4. The molecule has 0 fully saturated rings. The molecule has 6 heteroatoms. The number of hydrogen-bond acceptors (Lipinski definition) is 4. The van der Waals surface area contributed by atoms with Gasteiger partial charge in [-0.25, -0.2) is 8.42 Å². The maximum Gasteiger partial charge on any atom is 0.241 e. The third-order valence-electron chi connectivity index (χ3n) is 4.32. The molecule has 0 spiro atoms. The molecule has 0 atom stereocenters. The molecule has 3 aromatic carbocycles. The van der Waals surface area contributed by atoms with Crippen molar-refractivity contribution in [1.29, 1.82) is 0 Å². The van der Waals surface area contributed by atoms with Crippen LogP contribution in [0.4, 0.5) is 0 Å². The first-order valence-electron chi connectivity index (χ1n) is 8.10. The molecular formula is C20H17NO4S. The first-order chi connectivity index (χ1) is 12.6. The van der Waals surface area contributed by atoms with E-state index in [1.165, 1.54) is 19.2 Å². The van der Waals surface area contributed by atoms with Gasteiger partial charge < -0.3 is 9.47 Å². The van der Waals surface area contributed by atoms with Crippen LogP contribution in [0.15, 0.2) is 77.7 Å². The summed E-state index contributed by atoms with van der Waals surface area (Å²) in [6, 6.07) is 20.6. The maximum atomic E-state index is 12.9. The van der Waals surface area contributed by atoms with Gasteiger partial charge in [0.1, 0.15) is 17.2 Å². The lowest BCUT2D eigenvalue weighted by molar-refractivity contribution is 0.414. The quantitative estimate of drug-likeness (QED) is 0.760.